The minimum Gasteiger partial charge on any atom is -0.389 e. The predicted octanol–water partition coefficient (Wildman–Crippen LogP) is 3.38. The number of carbonyl (C=O) groups excluding carboxylic acids is 2. The zero-order valence-electron chi connectivity index (χ0n) is 14.9. The number of benzene rings is 2. The standard InChI is InChI=1S/C21H21N3O2/c1-15-5-3-4-6-17(15)11-12-23-14-19(13-22)21(26)24-20-9-7-18(8-10-20)16(2)25/h3-10,14,23H,11-12H2,1-2H3,(H,24,26)/b19-14-. The molecular formula is C21H21N3O2. The molecule has 5 heteroatoms. The molecule has 1 amide bonds. The van der Waals surface area contributed by atoms with Crippen LogP contribution >= 0.6 is 0 Å². The van der Waals surface area contributed by atoms with Gasteiger partial charge in [0, 0.05) is 24.0 Å². The second-order valence-corrected chi connectivity index (χ2v) is 5.89. The van der Waals surface area contributed by atoms with Gasteiger partial charge < -0.3 is 10.6 Å². The molecule has 0 radical (unpaired) electrons. The molecule has 2 aromatic carbocycles. The fourth-order valence-electron chi connectivity index (χ4n) is 2.41. The van der Waals surface area contributed by atoms with Gasteiger partial charge in [-0.25, -0.2) is 0 Å². The van der Waals surface area contributed by atoms with Crippen molar-refractivity contribution in [2.75, 3.05) is 11.9 Å². The first-order valence-corrected chi connectivity index (χ1v) is 8.32. The van der Waals surface area contributed by atoms with Crippen LogP contribution in [0.25, 0.3) is 0 Å². The van der Waals surface area contributed by atoms with Crippen LogP contribution in [0.15, 0.2) is 60.3 Å². The van der Waals surface area contributed by atoms with Crippen LogP contribution in [0.4, 0.5) is 5.69 Å². The van der Waals surface area contributed by atoms with Gasteiger partial charge in [-0.05, 0) is 55.7 Å². The van der Waals surface area contributed by atoms with Gasteiger partial charge in [0.05, 0.1) is 0 Å². The van der Waals surface area contributed by atoms with Gasteiger partial charge in [0.25, 0.3) is 5.91 Å². The van der Waals surface area contributed by atoms with E-state index in [1.807, 2.05) is 18.2 Å². The lowest BCUT2D eigenvalue weighted by atomic mass is 10.1. The number of ketones is 1. The Morgan fingerprint density at radius 1 is 1.12 bits per heavy atom. The van der Waals surface area contributed by atoms with E-state index >= 15 is 0 Å². The summed E-state index contributed by atoms with van der Waals surface area (Å²) in [6.45, 7) is 4.15. The zero-order chi connectivity index (χ0) is 18.9. The number of aryl methyl sites for hydroxylation is 1. The Labute approximate surface area is 153 Å². The van der Waals surface area contributed by atoms with Crippen LogP contribution in [0.5, 0.6) is 0 Å². The summed E-state index contributed by atoms with van der Waals surface area (Å²) < 4.78 is 0. The van der Waals surface area contributed by atoms with Crippen LogP contribution in [0.3, 0.4) is 0 Å². The number of amides is 1. The van der Waals surface area contributed by atoms with Crippen LogP contribution in [0.1, 0.15) is 28.4 Å². The van der Waals surface area contributed by atoms with Crippen LogP contribution in [-0.4, -0.2) is 18.2 Å². The Hall–Kier alpha value is -3.39. The highest BCUT2D eigenvalue weighted by molar-refractivity contribution is 6.06. The number of nitrogens with zero attached hydrogens (tertiary/aromatic N) is 1. The van der Waals surface area contributed by atoms with Gasteiger partial charge in [-0.1, -0.05) is 24.3 Å². The smallest absolute Gasteiger partial charge is 0.267 e. The molecule has 0 unspecified atom stereocenters. The van der Waals surface area contributed by atoms with Crippen LogP contribution < -0.4 is 10.6 Å². The van der Waals surface area contributed by atoms with Crippen LogP contribution in [0.2, 0.25) is 0 Å². The quantitative estimate of drug-likeness (QED) is 0.348. The van der Waals surface area contributed by atoms with E-state index in [1.54, 1.807) is 24.3 Å². The van der Waals surface area contributed by atoms with Crippen molar-refractivity contribution in [3.63, 3.8) is 0 Å². The molecule has 0 aliphatic carbocycles. The second-order valence-electron chi connectivity index (χ2n) is 5.89. The van der Waals surface area contributed by atoms with Gasteiger partial charge in [0.15, 0.2) is 5.78 Å². The van der Waals surface area contributed by atoms with Gasteiger partial charge in [-0.2, -0.15) is 5.26 Å². The SMILES string of the molecule is CC(=O)c1ccc(NC(=O)/C(C#N)=C\NCCc2ccccc2C)cc1. The zero-order valence-corrected chi connectivity index (χ0v) is 14.9. The lowest BCUT2D eigenvalue weighted by molar-refractivity contribution is -0.112. The number of nitriles is 1. The molecule has 0 aromatic heterocycles. The normalized spacial score (nSPS) is 10.7. The average Bonchev–Trinajstić information content (AvgIpc) is 2.63. The molecule has 5 nitrogen and oxygen atoms in total. The lowest BCUT2D eigenvalue weighted by Gasteiger charge is -2.07. The number of anilines is 1. The highest BCUT2D eigenvalue weighted by Gasteiger charge is 2.09. The van der Waals surface area contributed by atoms with E-state index in [0.717, 1.165) is 6.42 Å². The topological polar surface area (TPSA) is 82.0 Å². The van der Waals surface area contributed by atoms with Gasteiger partial charge in [0.1, 0.15) is 11.6 Å². The van der Waals surface area contributed by atoms with E-state index in [9.17, 15) is 14.9 Å². The van der Waals surface area contributed by atoms with Gasteiger partial charge in [-0.15, -0.1) is 0 Å². The van der Waals surface area contributed by atoms with Crippen molar-refractivity contribution in [1.82, 2.24) is 5.32 Å². The van der Waals surface area contributed by atoms with E-state index in [-0.39, 0.29) is 11.4 Å². The van der Waals surface area contributed by atoms with Gasteiger partial charge >= 0.3 is 0 Å². The monoisotopic (exact) mass is 347 g/mol. The van der Waals surface area contributed by atoms with E-state index in [1.165, 1.54) is 24.3 Å². The maximum atomic E-state index is 12.2. The Kier molecular flexibility index (Phi) is 6.69. The minimum atomic E-state index is -0.494. The number of hydrogen-bond donors (Lipinski definition) is 2. The molecule has 2 N–H and O–H groups in total. The third-order valence-electron chi connectivity index (χ3n) is 3.96. The number of rotatable bonds is 7. The van der Waals surface area contributed by atoms with Crippen molar-refractivity contribution in [2.45, 2.75) is 20.3 Å². The first kappa shape index (κ1) is 18.9. The second kappa shape index (κ2) is 9.19. The van der Waals surface area contributed by atoms with E-state index in [0.29, 0.717) is 17.8 Å². The number of carbonyl (C=O) groups is 2. The third kappa shape index (κ3) is 5.32. The fourth-order valence-corrected chi connectivity index (χ4v) is 2.41. The lowest BCUT2D eigenvalue weighted by Crippen LogP contribution is -2.18. The Balaban J connectivity index is 1.91. The molecule has 132 valence electrons. The Morgan fingerprint density at radius 2 is 1.81 bits per heavy atom. The van der Waals surface area contributed by atoms with E-state index in [4.69, 9.17) is 0 Å². The molecule has 0 heterocycles. The maximum absolute atomic E-state index is 12.2. The maximum Gasteiger partial charge on any atom is 0.267 e. The van der Waals surface area contributed by atoms with Gasteiger partial charge in [-0.3, -0.25) is 9.59 Å². The molecule has 2 aromatic rings. The summed E-state index contributed by atoms with van der Waals surface area (Å²) in [4.78, 5) is 23.4. The molecule has 0 saturated carbocycles. The summed E-state index contributed by atoms with van der Waals surface area (Å²) >= 11 is 0. The van der Waals surface area contributed by atoms with Crippen molar-refractivity contribution < 1.29 is 9.59 Å². The van der Waals surface area contributed by atoms with E-state index in [2.05, 4.69) is 29.7 Å². The highest BCUT2D eigenvalue weighted by atomic mass is 16.1. The number of hydrogen-bond acceptors (Lipinski definition) is 4. The van der Waals surface area contributed by atoms with Crippen LogP contribution in [-0.2, 0) is 11.2 Å². The van der Waals surface area contributed by atoms with Crippen molar-refractivity contribution in [3.8, 4) is 6.07 Å². The summed E-state index contributed by atoms with van der Waals surface area (Å²) in [5.74, 6) is -0.537. The molecule has 2 rings (SSSR count). The molecule has 0 atom stereocenters. The first-order chi connectivity index (χ1) is 12.5. The molecule has 0 aliphatic rings. The largest absolute Gasteiger partial charge is 0.389 e. The molecule has 0 bridgehead atoms. The minimum absolute atomic E-state index is 0.00886. The van der Waals surface area contributed by atoms with Crippen molar-refractivity contribution in [2.24, 2.45) is 0 Å². The Morgan fingerprint density at radius 3 is 2.42 bits per heavy atom. The molecule has 0 spiro atoms. The number of nitrogens with one attached hydrogen (secondary N) is 2. The Bertz CT molecular complexity index is 862. The molecule has 0 saturated heterocycles. The van der Waals surface area contributed by atoms with E-state index < -0.39 is 5.91 Å². The molecule has 0 fully saturated rings. The summed E-state index contributed by atoms with van der Waals surface area (Å²) in [6, 6.07) is 16.5. The van der Waals surface area contributed by atoms with Crippen molar-refractivity contribution in [3.05, 3.63) is 77.0 Å². The first-order valence-electron chi connectivity index (χ1n) is 8.32. The average molecular weight is 347 g/mol. The summed E-state index contributed by atoms with van der Waals surface area (Å²) in [5.41, 5.74) is 3.52. The summed E-state index contributed by atoms with van der Waals surface area (Å²) in [6.07, 6.45) is 2.23. The highest BCUT2D eigenvalue weighted by Crippen LogP contribution is 2.11. The molecule has 0 aliphatic heterocycles. The van der Waals surface area contributed by atoms with Crippen molar-refractivity contribution in [1.29, 1.82) is 5.26 Å². The van der Waals surface area contributed by atoms with Gasteiger partial charge in [0.2, 0.25) is 0 Å². The van der Waals surface area contributed by atoms with Crippen molar-refractivity contribution >= 4 is 17.4 Å². The predicted molar refractivity (Wildman–Crippen MR) is 102 cm³/mol. The number of Topliss-reactive ketones (excluding diaryl/α,β-unsaturated/α-hetero) is 1. The molecular weight excluding hydrogens is 326 g/mol. The summed E-state index contributed by atoms with van der Waals surface area (Å²) in [5, 5.41) is 14.8. The summed E-state index contributed by atoms with van der Waals surface area (Å²) in [7, 11) is 0. The molecule has 26 heavy (non-hydrogen) atoms. The third-order valence-corrected chi connectivity index (χ3v) is 3.96. The fraction of sp³-hybridized carbons (Fsp3) is 0.190. The van der Waals surface area contributed by atoms with Crippen LogP contribution in [0, 0.1) is 18.3 Å².